The minimum Gasteiger partial charge on any atom is -0.402 e. The number of anilines is 2. The molecule has 1 aliphatic heterocycles. The molecule has 8 nitrogen and oxygen atoms in total. The molecular formula is C17H18F3N7OS. The number of hydrogen-bond acceptors (Lipinski definition) is 8. The average molecular weight is 425 g/mol. The Kier molecular flexibility index (Phi) is 4.26. The third-order valence-corrected chi connectivity index (χ3v) is 6.34. The van der Waals surface area contributed by atoms with Crippen LogP contribution in [0.5, 0.6) is 5.75 Å². The predicted molar refractivity (Wildman–Crippen MR) is 100 cm³/mol. The van der Waals surface area contributed by atoms with Crippen LogP contribution in [0.3, 0.4) is 0 Å². The highest BCUT2D eigenvalue weighted by Crippen LogP contribution is 2.40. The van der Waals surface area contributed by atoms with Gasteiger partial charge in [-0.2, -0.15) is 9.36 Å². The molecule has 4 heterocycles. The second-order valence-corrected chi connectivity index (χ2v) is 8.15. The molecule has 154 valence electrons. The zero-order valence-electron chi connectivity index (χ0n) is 15.4. The van der Waals surface area contributed by atoms with Gasteiger partial charge in [-0.1, -0.05) is 0 Å². The number of alkyl halides is 3. The van der Waals surface area contributed by atoms with Crippen molar-refractivity contribution in [1.82, 2.24) is 24.0 Å². The molecule has 0 radical (unpaired) electrons. The second kappa shape index (κ2) is 6.71. The Morgan fingerprint density at radius 2 is 1.97 bits per heavy atom. The predicted octanol–water partition coefficient (Wildman–Crippen LogP) is 3.11. The Morgan fingerprint density at radius 3 is 2.62 bits per heavy atom. The summed E-state index contributed by atoms with van der Waals surface area (Å²) in [7, 11) is 0. The van der Waals surface area contributed by atoms with Crippen molar-refractivity contribution in [1.29, 1.82) is 0 Å². The number of aromatic nitrogens is 5. The van der Waals surface area contributed by atoms with Crippen molar-refractivity contribution < 1.29 is 17.9 Å². The van der Waals surface area contributed by atoms with Crippen LogP contribution in [0.25, 0.3) is 5.65 Å². The largest absolute Gasteiger partial charge is 0.573 e. The van der Waals surface area contributed by atoms with Crippen molar-refractivity contribution in [3.8, 4) is 5.75 Å². The maximum absolute atomic E-state index is 12.6. The highest BCUT2D eigenvalue weighted by molar-refractivity contribution is 7.09. The van der Waals surface area contributed by atoms with Gasteiger partial charge in [-0.15, -0.1) is 18.3 Å². The molecule has 0 aromatic carbocycles. The Morgan fingerprint density at radius 1 is 1.21 bits per heavy atom. The molecule has 2 bridgehead atoms. The summed E-state index contributed by atoms with van der Waals surface area (Å²) in [6, 6.07) is 2.84. The minimum atomic E-state index is -4.78. The van der Waals surface area contributed by atoms with Gasteiger partial charge in [0.1, 0.15) is 5.82 Å². The molecule has 1 saturated heterocycles. The number of piperidine rings is 1. The number of aryl methyl sites for hydroxylation is 1. The van der Waals surface area contributed by atoms with Crippen molar-refractivity contribution >= 4 is 28.3 Å². The lowest BCUT2D eigenvalue weighted by Gasteiger charge is -2.37. The molecule has 1 unspecified atom stereocenters. The molecule has 12 heteroatoms. The van der Waals surface area contributed by atoms with E-state index >= 15 is 0 Å². The smallest absolute Gasteiger partial charge is 0.402 e. The quantitative estimate of drug-likeness (QED) is 0.688. The summed E-state index contributed by atoms with van der Waals surface area (Å²) in [5.41, 5.74) is 0.0291. The molecule has 2 aliphatic rings. The summed E-state index contributed by atoms with van der Waals surface area (Å²) in [5, 5.41) is 8.59. The lowest BCUT2D eigenvalue weighted by Crippen LogP contribution is -2.48. The number of pyridine rings is 1. The van der Waals surface area contributed by atoms with Crippen molar-refractivity contribution in [3.63, 3.8) is 0 Å². The molecule has 3 aromatic rings. The van der Waals surface area contributed by atoms with E-state index in [1.807, 2.05) is 6.92 Å². The number of rotatable bonds is 4. The average Bonchev–Trinajstić information content (AvgIpc) is 3.31. The van der Waals surface area contributed by atoms with E-state index in [1.54, 1.807) is 6.20 Å². The number of nitrogens with zero attached hydrogens (tertiary/aromatic N) is 6. The normalized spacial score (nSPS) is 24.3. The van der Waals surface area contributed by atoms with Gasteiger partial charge in [0.25, 0.3) is 0 Å². The van der Waals surface area contributed by atoms with E-state index in [0.717, 1.165) is 36.9 Å². The summed E-state index contributed by atoms with van der Waals surface area (Å²) in [4.78, 5) is 11.0. The zero-order chi connectivity index (χ0) is 20.2. The number of fused-ring (bicyclic) bond motifs is 3. The van der Waals surface area contributed by atoms with E-state index in [9.17, 15) is 13.2 Å². The van der Waals surface area contributed by atoms with Gasteiger partial charge in [-0.05, 0) is 43.7 Å². The minimum absolute atomic E-state index is 0.0291. The van der Waals surface area contributed by atoms with Gasteiger partial charge in [0.15, 0.2) is 11.4 Å². The molecule has 0 amide bonds. The van der Waals surface area contributed by atoms with Crippen LogP contribution in [-0.4, -0.2) is 49.4 Å². The summed E-state index contributed by atoms with van der Waals surface area (Å²) in [6.45, 7) is 3.60. The van der Waals surface area contributed by atoms with Crippen LogP contribution in [0.4, 0.5) is 24.3 Å². The standard InChI is InChI=1S/C17H18F3N7OS/c1-9-21-16(29-25-9)26-7-10-4-5-11(8-26)13(10)22-15-23-14-12(28-17(18,19)20)3-2-6-27(14)24-15/h2-3,6,10-11,13H,4-5,7-8H2,1H3,(H,22,24)/t10-,11+,13?. The first-order chi connectivity index (χ1) is 13.9. The molecule has 0 spiro atoms. The zero-order valence-corrected chi connectivity index (χ0v) is 16.2. The van der Waals surface area contributed by atoms with E-state index in [2.05, 4.69) is 34.4 Å². The third kappa shape index (κ3) is 3.56. The highest BCUT2D eigenvalue weighted by atomic mass is 32.1. The number of ether oxygens (including phenoxy) is 1. The highest BCUT2D eigenvalue weighted by Gasteiger charge is 2.43. The Balaban J connectivity index is 1.35. The maximum atomic E-state index is 12.6. The monoisotopic (exact) mass is 425 g/mol. The fraction of sp³-hybridized carbons (Fsp3) is 0.529. The van der Waals surface area contributed by atoms with Gasteiger partial charge in [0.05, 0.1) is 0 Å². The Labute approximate surface area is 167 Å². The summed E-state index contributed by atoms with van der Waals surface area (Å²) in [5.74, 6) is 1.49. The fourth-order valence-electron chi connectivity index (χ4n) is 4.33. The van der Waals surface area contributed by atoms with E-state index < -0.39 is 6.36 Å². The van der Waals surface area contributed by atoms with Crippen LogP contribution in [-0.2, 0) is 0 Å². The third-order valence-electron chi connectivity index (χ3n) is 5.47. The van der Waals surface area contributed by atoms with Gasteiger partial charge in [0, 0.05) is 36.9 Å². The van der Waals surface area contributed by atoms with E-state index in [-0.39, 0.29) is 17.4 Å². The first-order valence-electron chi connectivity index (χ1n) is 9.29. The van der Waals surface area contributed by atoms with Gasteiger partial charge < -0.3 is 15.0 Å². The lowest BCUT2D eigenvalue weighted by atomic mass is 9.92. The maximum Gasteiger partial charge on any atom is 0.573 e. The van der Waals surface area contributed by atoms with Crippen LogP contribution >= 0.6 is 11.5 Å². The first kappa shape index (κ1) is 18.4. The van der Waals surface area contributed by atoms with Crippen LogP contribution in [0.1, 0.15) is 18.7 Å². The molecule has 3 atom stereocenters. The van der Waals surface area contributed by atoms with E-state index in [0.29, 0.717) is 17.8 Å². The fourth-order valence-corrected chi connectivity index (χ4v) is 5.02. The summed E-state index contributed by atoms with van der Waals surface area (Å²) < 4.78 is 47.5. The van der Waals surface area contributed by atoms with Crippen molar-refractivity contribution in [3.05, 3.63) is 24.2 Å². The second-order valence-electron chi connectivity index (χ2n) is 7.42. The lowest BCUT2D eigenvalue weighted by molar-refractivity contribution is -0.274. The SMILES string of the molecule is Cc1nsc(N2C[C@H]3CC[C@@H](C2)C3Nc2nc3c(OC(F)(F)F)cccn3n2)n1. The van der Waals surface area contributed by atoms with Gasteiger partial charge in [0.2, 0.25) is 11.1 Å². The Bertz CT molecular complexity index is 1020. The Hall–Kier alpha value is -2.63. The molecule has 29 heavy (non-hydrogen) atoms. The van der Waals surface area contributed by atoms with E-state index in [1.165, 1.54) is 28.2 Å². The van der Waals surface area contributed by atoms with Crippen LogP contribution in [0, 0.1) is 18.8 Å². The number of halogens is 3. The first-order valence-corrected chi connectivity index (χ1v) is 10.1. The van der Waals surface area contributed by atoms with Crippen molar-refractivity contribution in [2.75, 3.05) is 23.3 Å². The van der Waals surface area contributed by atoms with Crippen molar-refractivity contribution in [2.24, 2.45) is 11.8 Å². The van der Waals surface area contributed by atoms with Crippen molar-refractivity contribution in [2.45, 2.75) is 32.2 Å². The topological polar surface area (TPSA) is 80.5 Å². The van der Waals surface area contributed by atoms with Crippen LogP contribution < -0.4 is 15.0 Å². The summed E-state index contributed by atoms with van der Waals surface area (Å²) >= 11 is 1.41. The number of nitrogens with one attached hydrogen (secondary N) is 1. The molecule has 2 fully saturated rings. The van der Waals surface area contributed by atoms with Crippen LogP contribution in [0.2, 0.25) is 0 Å². The summed E-state index contributed by atoms with van der Waals surface area (Å²) in [6.07, 6.45) is -1.08. The molecule has 5 rings (SSSR count). The molecule has 1 aliphatic carbocycles. The van der Waals surface area contributed by atoms with E-state index in [4.69, 9.17) is 0 Å². The molecular weight excluding hydrogens is 407 g/mol. The molecule has 1 saturated carbocycles. The molecule has 3 aromatic heterocycles. The van der Waals surface area contributed by atoms with Gasteiger partial charge in [-0.25, -0.2) is 9.50 Å². The van der Waals surface area contributed by atoms with Gasteiger partial charge in [-0.3, -0.25) is 0 Å². The molecule has 1 N–H and O–H groups in total. The van der Waals surface area contributed by atoms with Crippen LogP contribution in [0.15, 0.2) is 18.3 Å². The number of hydrogen-bond donors (Lipinski definition) is 1. The van der Waals surface area contributed by atoms with Gasteiger partial charge >= 0.3 is 6.36 Å².